The van der Waals surface area contributed by atoms with Gasteiger partial charge in [0, 0.05) is 18.5 Å². The summed E-state index contributed by atoms with van der Waals surface area (Å²) in [5, 5.41) is 2.87. The minimum Gasteiger partial charge on any atom is -0.462 e. The molecule has 1 aliphatic carbocycles. The molecule has 0 spiro atoms. The Morgan fingerprint density at radius 2 is 1.87 bits per heavy atom. The summed E-state index contributed by atoms with van der Waals surface area (Å²) >= 11 is 2.54. The highest BCUT2D eigenvalue weighted by molar-refractivity contribution is 7.92. The normalized spacial score (nSPS) is 13.9. The summed E-state index contributed by atoms with van der Waals surface area (Å²) in [5.41, 5.74) is 2.02. The number of thiazole rings is 1. The van der Waals surface area contributed by atoms with Gasteiger partial charge in [0.15, 0.2) is 14.6 Å². The fourth-order valence-electron chi connectivity index (χ4n) is 4.32. The first-order chi connectivity index (χ1) is 18.2. The maximum atomic E-state index is 12.7. The van der Waals surface area contributed by atoms with Gasteiger partial charge in [-0.2, -0.15) is 4.99 Å². The zero-order valence-corrected chi connectivity index (χ0v) is 23.6. The third-order valence-electron chi connectivity index (χ3n) is 5.93. The molecule has 4 rings (SSSR count). The zero-order chi connectivity index (χ0) is 27.3. The van der Waals surface area contributed by atoms with Crippen molar-refractivity contribution in [2.24, 2.45) is 4.99 Å². The maximum Gasteiger partial charge on any atom is 0.341 e. The summed E-state index contributed by atoms with van der Waals surface area (Å²) in [5.74, 6) is -4.04. The lowest BCUT2D eigenvalue weighted by Crippen LogP contribution is -2.28. The molecular weight excluding hydrogens is 550 g/mol. The average Bonchev–Trinajstić information content (AvgIpc) is 3.38. The van der Waals surface area contributed by atoms with Gasteiger partial charge >= 0.3 is 5.97 Å². The van der Waals surface area contributed by atoms with Crippen LogP contribution < -0.4 is 10.1 Å². The number of hydrogen-bond acceptors (Lipinski definition) is 9. The Kier molecular flexibility index (Phi) is 9.13. The zero-order valence-electron chi connectivity index (χ0n) is 21.2. The SMILES string of the molecule is CCOC(=O)c1c(NC(=O)CS(=O)(=O)CC(=O)N=c2sc3ccccc3n2CCOC)sc2c1CCCC2. The first-order valence-corrected chi connectivity index (χ1v) is 15.6. The lowest BCUT2D eigenvalue weighted by molar-refractivity contribution is -0.115. The van der Waals surface area contributed by atoms with E-state index in [0.717, 1.165) is 39.9 Å². The summed E-state index contributed by atoms with van der Waals surface area (Å²) in [4.78, 5) is 43.3. The van der Waals surface area contributed by atoms with Crippen LogP contribution in [0.15, 0.2) is 29.3 Å². The van der Waals surface area contributed by atoms with Crippen molar-refractivity contribution in [3.63, 3.8) is 0 Å². The summed E-state index contributed by atoms with van der Waals surface area (Å²) in [7, 11) is -2.56. The summed E-state index contributed by atoms with van der Waals surface area (Å²) in [6, 6.07) is 7.51. The molecule has 10 nitrogen and oxygen atoms in total. The Labute approximate surface area is 228 Å². The number of para-hydroxylation sites is 1. The van der Waals surface area contributed by atoms with Gasteiger partial charge in [0.25, 0.3) is 5.91 Å². The molecule has 2 aromatic heterocycles. The number of fused-ring (bicyclic) bond motifs is 2. The molecule has 1 N–H and O–H groups in total. The average molecular weight is 580 g/mol. The fraction of sp³-hybridized carbons (Fsp3) is 0.440. The minimum absolute atomic E-state index is 0.183. The van der Waals surface area contributed by atoms with Gasteiger partial charge in [0.05, 0.1) is 29.0 Å². The molecule has 0 aliphatic heterocycles. The lowest BCUT2D eigenvalue weighted by atomic mass is 9.95. The van der Waals surface area contributed by atoms with Crippen LogP contribution in [-0.2, 0) is 48.3 Å². The molecule has 0 bridgehead atoms. The second-order valence-electron chi connectivity index (χ2n) is 8.72. The van der Waals surface area contributed by atoms with Gasteiger partial charge in [0.1, 0.15) is 16.5 Å². The number of thiophene rings is 1. The highest BCUT2D eigenvalue weighted by Crippen LogP contribution is 2.38. The van der Waals surface area contributed by atoms with Crippen molar-refractivity contribution in [1.82, 2.24) is 4.57 Å². The quantitative estimate of drug-likeness (QED) is 0.365. The van der Waals surface area contributed by atoms with Crippen LogP contribution >= 0.6 is 22.7 Å². The van der Waals surface area contributed by atoms with E-state index in [4.69, 9.17) is 9.47 Å². The van der Waals surface area contributed by atoms with Crippen molar-refractivity contribution in [2.45, 2.75) is 39.2 Å². The second-order valence-corrected chi connectivity index (χ2v) is 12.9. The van der Waals surface area contributed by atoms with Gasteiger partial charge < -0.3 is 19.4 Å². The van der Waals surface area contributed by atoms with E-state index in [1.54, 1.807) is 18.6 Å². The molecule has 1 aliphatic rings. The van der Waals surface area contributed by atoms with Crippen LogP contribution in [-0.4, -0.2) is 62.6 Å². The molecule has 0 atom stereocenters. The van der Waals surface area contributed by atoms with Crippen LogP contribution in [0.5, 0.6) is 0 Å². The molecule has 0 fully saturated rings. The van der Waals surface area contributed by atoms with Crippen molar-refractivity contribution in [3.05, 3.63) is 45.1 Å². The van der Waals surface area contributed by atoms with Crippen LogP contribution in [0.1, 0.15) is 40.6 Å². The number of esters is 1. The summed E-state index contributed by atoms with van der Waals surface area (Å²) in [6.45, 7) is 2.71. The van der Waals surface area contributed by atoms with Crippen molar-refractivity contribution in [1.29, 1.82) is 0 Å². The Morgan fingerprint density at radius 3 is 2.63 bits per heavy atom. The molecule has 0 saturated heterocycles. The predicted molar refractivity (Wildman–Crippen MR) is 146 cm³/mol. The molecule has 204 valence electrons. The van der Waals surface area contributed by atoms with Crippen LogP contribution in [0, 0.1) is 0 Å². The number of rotatable bonds is 10. The summed E-state index contributed by atoms with van der Waals surface area (Å²) in [6.07, 6.45) is 3.40. The van der Waals surface area contributed by atoms with E-state index >= 15 is 0 Å². The number of hydrogen-bond donors (Lipinski definition) is 1. The molecule has 0 saturated carbocycles. The number of carbonyl (C=O) groups is 3. The molecule has 13 heteroatoms. The standard InChI is InChI=1S/C25H29N3O7S3/c1-3-35-24(31)22-16-8-4-6-10-18(16)36-23(22)26-20(29)14-38(32,33)15-21(30)27-25-28(12-13-34-2)17-9-5-7-11-19(17)37-25/h5,7,9,11H,3-4,6,8,10,12-15H2,1-2H3,(H,26,29). The lowest BCUT2D eigenvalue weighted by Gasteiger charge is -2.12. The minimum atomic E-state index is -4.12. The highest BCUT2D eigenvalue weighted by Gasteiger charge is 2.28. The Hall–Kier alpha value is -2.87. The van der Waals surface area contributed by atoms with E-state index in [2.05, 4.69) is 10.3 Å². The molecule has 0 radical (unpaired) electrons. The van der Waals surface area contributed by atoms with Crippen LogP contribution in [0.25, 0.3) is 10.2 Å². The molecule has 3 aromatic rings. The third-order valence-corrected chi connectivity index (χ3v) is 9.58. The Bertz CT molecular complexity index is 1530. The predicted octanol–water partition coefficient (Wildman–Crippen LogP) is 2.95. The van der Waals surface area contributed by atoms with Gasteiger partial charge in [-0.15, -0.1) is 11.3 Å². The van der Waals surface area contributed by atoms with E-state index in [1.807, 2.05) is 24.3 Å². The number of ether oxygens (including phenoxy) is 2. The third kappa shape index (κ3) is 6.57. The molecule has 2 amide bonds. The molecule has 2 heterocycles. The Balaban J connectivity index is 1.49. The van der Waals surface area contributed by atoms with Crippen LogP contribution in [0.2, 0.25) is 0 Å². The number of sulfone groups is 1. The van der Waals surface area contributed by atoms with Gasteiger partial charge in [-0.25, -0.2) is 13.2 Å². The number of aromatic nitrogens is 1. The molecular formula is C25H29N3O7S3. The smallest absolute Gasteiger partial charge is 0.341 e. The highest BCUT2D eigenvalue weighted by atomic mass is 32.2. The number of anilines is 1. The van der Waals surface area contributed by atoms with E-state index < -0.39 is 39.1 Å². The van der Waals surface area contributed by atoms with Crippen molar-refractivity contribution >= 4 is 65.5 Å². The number of benzene rings is 1. The maximum absolute atomic E-state index is 12.7. The number of carbonyl (C=O) groups excluding carboxylic acids is 3. The van der Waals surface area contributed by atoms with Gasteiger partial charge in [-0.3, -0.25) is 9.59 Å². The van der Waals surface area contributed by atoms with Crippen molar-refractivity contribution < 1.29 is 32.3 Å². The topological polar surface area (TPSA) is 133 Å². The number of methoxy groups -OCH3 is 1. The number of nitrogens with zero attached hydrogens (tertiary/aromatic N) is 2. The van der Waals surface area contributed by atoms with Gasteiger partial charge in [0.2, 0.25) is 5.91 Å². The number of aryl methyl sites for hydroxylation is 1. The first-order valence-electron chi connectivity index (χ1n) is 12.2. The van der Waals surface area contributed by atoms with Crippen LogP contribution in [0.3, 0.4) is 0 Å². The fourth-order valence-corrected chi connectivity index (χ4v) is 7.70. The Morgan fingerprint density at radius 1 is 1.11 bits per heavy atom. The molecule has 0 unspecified atom stereocenters. The first kappa shape index (κ1) is 28.1. The van der Waals surface area contributed by atoms with Gasteiger partial charge in [-0.05, 0) is 50.3 Å². The van der Waals surface area contributed by atoms with E-state index in [0.29, 0.717) is 29.9 Å². The second kappa shape index (κ2) is 12.3. The van der Waals surface area contributed by atoms with Crippen LogP contribution in [0.4, 0.5) is 5.00 Å². The summed E-state index contributed by atoms with van der Waals surface area (Å²) < 4.78 is 38.5. The monoisotopic (exact) mass is 579 g/mol. The largest absolute Gasteiger partial charge is 0.462 e. The number of amides is 2. The van der Waals surface area contributed by atoms with Crippen molar-refractivity contribution in [2.75, 3.05) is 37.1 Å². The molecule has 38 heavy (non-hydrogen) atoms. The van der Waals surface area contributed by atoms with Gasteiger partial charge in [-0.1, -0.05) is 23.5 Å². The van der Waals surface area contributed by atoms with Crippen molar-refractivity contribution in [3.8, 4) is 0 Å². The molecule has 1 aromatic carbocycles. The van der Waals surface area contributed by atoms with E-state index in [1.165, 1.54) is 22.7 Å². The van der Waals surface area contributed by atoms with E-state index in [-0.39, 0.29) is 11.6 Å². The number of nitrogens with one attached hydrogen (secondary N) is 1. The van der Waals surface area contributed by atoms with E-state index in [9.17, 15) is 22.8 Å².